The largest absolute Gasteiger partial charge is 0.367 e. The second-order valence-corrected chi connectivity index (χ2v) is 5.61. The minimum absolute atomic E-state index is 0.120. The van der Waals surface area contributed by atoms with Crippen molar-refractivity contribution in [3.8, 4) is 0 Å². The molecule has 0 bridgehead atoms. The van der Waals surface area contributed by atoms with Crippen molar-refractivity contribution in [3.63, 3.8) is 0 Å². The molecule has 3 heteroatoms. The first-order valence-electron chi connectivity index (χ1n) is 7.24. The normalized spacial score (nSPS) is 11.4. The molecule has 0 atom stereocenters. The lowest BCUT2D eigenvalue weighted by Crippen LogP contribution is -2.32. The molecule has 0 fully saturated rings. The van der Waals surface area contributed by atoms with Crippen LogP contribution >= 0.6 is 0 Å². The van der Waals surface area contributed by atoms with E-state index in [0.29, 0.717) is 24.3 Å². The van der Waals surface area contributed by atoms with Crippen LogP contribution in [-0.2, 0) is 6.54 Å². The number of nitrogens with one attached hydrogen (secondary N) is 1. The van der Waals surface area contributed by atoms with Gasteiger partial charge in [0.05, 0.1) is 5.69 Å². The summed E-state index contributed by atoms with van der Waals surface area (Å²) < 4.78 is 14.2. The molecule has 19 heavy (non-hydrogen) atoms. The van der Waals surface area contributed by atoms with Crippen molar-refractivity contribution < 1.29 is 4.39 Å². The van der Waals surface area contributed by atoms with Crippen LogP contribution < -0.4 is 10.2 Å². The Labute approximate surface area is 117 Å². The van der Waals surface area contributed by atoms with Crippen molar-refractivity contribution in [2.45, 2.75) is 59.7 Å². The lowest BCUT2D eigenvalue weighted by Gasteiger charge is -2.29. The SMILES string of the molecule is CCCN(c1ccc(CNC(C)C)cc1F)C(C)C. The van der Waals surface area contributed by atoms with Crippen LogP contribution in [0.3, 0.4) is 0 Å². The quantitative estimate of drug-likeness (QED) is 0.804. The molecule has 0 amide bonds. The second-order valence-electron chi connectivity index (χ2n) is 5.61. The molecule has 1 aromatic rings. The summed E-state index contributed by atoms with van der Waals surface area (Å²) in [5, 5.41) is 3.31. The van der Waals surface area contributed by atoms with Crippen LogP contribution in [0, 0.1) is 5.82 Å². The molecule has 108 valence electrons. The first kappa shape index (κ1) is 16.0. The molecule has 1 aromatic carbocycles. The molecule has 0 heterocycles. The highest BCUT2D eigenvalue weighted by Gasteiger charge is 2.14. The Kier molecular flexibility index (Phi) is 6.29. The lowest BCUT2D eigenvalue weighted by atomic mass is 10.1. The van der Waals surface area contributed by atoms with E-state index in [2.05, 4.69) is 44.8 Å². The van der Waals surface area contributed by atoms with E-state index in [0.717, 1.165) is 18.5 Å². The highest BCUT2D eigenvalue weighted by molar-refractivity contribution is 5.49. The topological polar surface area (TPSA) is 15.3 Å². The monoisotopic (exact) mass is 266 g/mol. The molecule has 1 N–H and O–H groups in total. The van der Waals surface area contributed by atoms with E-state index >= 15 is 0 Å². The maximum absolute atomic E-state index is 14.2. The maximum atomic E-state index is 14.2. The molecule has 0 saturated heterocycles. The Balaban J connectivity index is 2.86. The first-order chi connectivity index (χ1) is 8.95. The van der Waals surface area contributed by atoms with Gasteiger partial charge < -0.3 is 10.2 Å². The van der Waals surface area contributed by atoms with Gasteiger partial charge in [0.25, 0.3) is 0 Å². The molecule has 0 aromatic heterocycles. The number of rotatable bonds is 7. The van der Waals surface area contributed by atoms with Crippen molar-refractivity contribution in [3.05, 3.63) is 29.6 Å². The zero-order valence-electron chi connectivity index (χ0n) is 12.8. The third-order valence-corrected chi connectivity index (χ3v) is 3.12. The summed E-state index contributed by atoms with van der Waals surface area (Å²) in [6, 6.07) is 6.29. The molecule has 0 spiro atoms. The first-order valence-corrected chi connectivity index (χ1v) is 7.24. The van der Waals surface area contributed by atoms with Gasteiger partial charge >= 0.3 is 0 Å². The van der Waals surface area contributed by atoms with E-state index in [1.54, 1.807) is 6.07 Å². The average molecular weight is 266 g/mol. The maximum Gasteiger partial charge on any atom is 0.146 e. The van der Waals surface area contributed by atoms with E-state index in [4.69, 9.17) is 0 Å². The van der Waals surface area contributed by atoms with Crippen LogP contribution in [0.5, 0.6) is 0 Å². The Morgan fingerprint density at radius 1 is 1.21 bits per heavy atom. The summed E-state index contributed by atoms with van der Waals surface area (Å²) in [7, 11) is 0. The molecule has 1 rings (SSSR count). The second kappa shape index (κ2) is 7.49. The van der Waals surface area contributed by atoms with E-state index in [1.807, 2.05) is 12.1 Å². The van der Waals surface area contributed by atoms with Gasteiger partial charge in [-0.2, -0.15) is 0 Å². The molecule has 0 aliphatic carbocycles. The van der Waals surface area contributed by atoms with Gasteiger partial charge in [-0.25, -0.2) is 4.39 Å². The van der Waals surface area contributed by atoms with E-state index < -0.39 is 0 Å². The highest BCUT2D eigenvalue weighted by atomic mass is 19.1. The highest BCUT2D eigenvalue weighted by Crippen LogP contribution is 2.23. The Bertz CT molecular complexity index is 388. The third kappa shape index (κ3) is 4.83. The number of hydrogen-bond acceptors (Lipinski definition) is 2. The zero-order valence-corrected chi connectivity index (χ0v) is 12.8. The van der Waals surface area contributed by atoms with E-state index in [9.17, 15) is 4.39 Å². The zero-order chi connectivity index (χ0) is 14.4. The van der Waals surface area contributed by atoms with Crippen molar-refractivity contribution in [2.24, 2.45) is 0 Å². The summed E-state index contributed by atoms with van der Waals surface area (Å²) in [4.78, 5) is 2.12. The predicted molar refractivity (Wildman–Crippen MR) is 81.1 cm³/mol. The lowest BCUT2D eigenvalue weighted by molar-refractivity contribution is 0.575. The number of nitrogens with zero attached hydrogens (tertiary/aromatic N) is 1. The third-order valence-electron chi connectivity index (χ3n) is 3.12. The Morgan fingerprint density at radius 3 is 2.37 bits per heavy atom. The molecule has 0 saturated carbocycles. The molecule has 0 aliphatic heterocycles. The number of benzene rings is 1. The molecule has 0 unspecified atom stereocenters. The van der Waals surface area contributed by atoms with Crippen LogP contribution in [0.4, 0.5) is 10.1 Å². The van der Waals surface area contributed by atoms with Crippen LogP contribution in [-0.4, -0.2) is 18.6 Å². The fourth-order valence-electron chi connectivity index (χ4n) is 2.11. The average Bonchev–Trinajstić information content (AvgIpc) is 2.34. The standard InChI is InChI=1S/C16H27FN2/c1-6-9-19(13(4)5)16-8-7-14(10-15(16)17)11-18-12(2)3/h7-8,10,12-13,18H,6,9,11H2,1-5H3. The van der Waals surface area contributed by atoms with Gasteiger partial charge in [-0.3, -0.25) is 0 Å². The summed E-state index contributed by atoms with van der Waals surface area (Å²) in [5.74, 6) is -0.120. The van der Waals surface area contributed by atoms with E-state index in [1.165, 1.54) is 0 Å². The molecule has 0 aliphatic rings. The predicted octanol–water partition coefficient (Wildman–Crippen LogP) is 3.95. The van der Waals surface area contributed by atoms with Crippen LogP contribution in [0.25, 0.3) is 0 Å². The van der Waals surface area contributed by atoms with E-state index in [-0.39, 0.29) is 5.82 Å². The fraction of sp³-hybridized carbons (Fsp3) is 0.625. The molecule has 0 radical (unpaired) electrons. The number of hydrogen-bond donors (Lipinski definition) is 1. The van der Waals surface area contributed by atoms with Crippen LogP contribution in [0.15, 0.2) is 18.2 Å². The summed E-state index contributed by atoms with van der Waals surface area (Å²) in [6.45, 7) is 12.1. The minimum atomic E-state index is -0.120. The minimum Gasteiger partial charge on any atom is -0.367 e. The molecule has 2 nitrogen and oxygen atoms in total. The van der Waals surface area contributed by atoms with Crippen LogP contribution in [0.2, 0.25) is 0 Å². The smallest absolute Gasteiger partial charge is 0.146 e. The summed E-state index contributed by atoms with van der Waals surface area (Å²) in [6.07, 6.45) is 1.02. The van der Waals surface area contributed by atoms with Crippen molar-refractivity contribution in [2.75, 3.05) is 11.4 Å². The van der Waals surface area contributed by atoms with Gasteiger partial charge in [-0.15, -0.1) is 0 Å². The fourth-order valence-corrected chi connectivity index (χ4v) is 2.11. The van der Waals surface area contributed by atoms with Gasteiger partial charge in [0.15, 0.2) is 0 Å². The van der Waals surface area contributed by atoms with Gasteiger partial charge in [-0.05, 0) is 38.0 Å². The summed E-state index contributed by atoms with van der Waals surface area (Å²) >= 11 is 0. The molecular weight excluding hydrogens is 239 g/mol. The van der Waals surface area contributed by atoms with Crippen molar-refractivity contribution >= 4 is 5.69 Å². The van der Waals surface area contributed by atoms with Gasteiger partial charge in [0.2, 0.25) is 0 Å². The Morgan fingerprint density at radius 2 is 1.89 bits per heavy atom. The van der Waals surface area contributed by atoms with Gasteiger partial charge in [-0.1, -0.05) is 26.8 Å². The van der Waals surface area contributed by atoms with Crippen molar-refractivity contribution in [1.82, 2.24) is 5.32 Å². The Hall–Kier alpha value is -1.09. The van der Waals surface area contributed by atoms with Crippen LogP contribution in [0.1, 0.15) is 46.6 Å². The van der Waals surface area contributed by atoms with Gasteiger partial charge in [0, 0.05) is 25.2 Å². The number of anilines is 1. The number of halogens is 1. The van der Waals surface area contributed by atoms with Crippen molar-refractivity contribution in [1.29, 1.82) is 0 Å². The summed E-state index contributed by atoms with van der Waals surface area (Å²) in [5.41, 5.74) is 1.71. The van der Waals surface area contributed by atoms with Gasteiger partial charge in [0.1, 0.15) is 5.82 Å². The molecular formula is C16H27FN2.